The fraction of sp³-hybridized carbons (Fsp3) is 0.133. The summed E-state index contributed by atoms with van der Waals surface area (Å²) in [6.45, 7) is 1.72. The fourth-order valence-corrected chi connectivity index (χ4v) is 1.70. The van der Waals surface area contributed by atoms with Crippen LogP contribution in [0.3, 0.4) is 0 Å². The Kier molecular flexibility index (Phi) is 4.63. The molecule has 108 valence electrons. The average Bonchev–Trinajstić information content (AvgIpc) is 2.52. The zero-order valence-electron chi connectivity index (χ0n) is 11.5. The average molecular weight is 285 g/mol. The summed E-state index contributed by atoms with van der Waals surface area (Å²) in [6.07, 6.45) is 0. The van der Waals surface area contributed by atoms with E-state index in [1.54, 1.807) is 42.5 Å². The molecule has 0 atom stereocenters. The van der Waals surface area contributed by atoms with Gasteiger partial charge in [-0.2, -0.15) is 0 Å². The Morgan fingerprint density at radius 1 is 1.19 bits per heavy atom. The third-order valence-corrected chi connectivity index (χ3v) is 2.82. The van der Waals surface area contributed by atoms with Crippen LogP contribution in [0.4, 0.5) is 0 Å². The van der Waals surface area contributed by atoms with E-state index in [1.807, 2.05) is 5.43 Å². The molecule has 0 spiro atoms. The van der Waals surface area contributed by atoms with Crippen molar-refractivity contribution in [2.24, 2.45) is 5.84 Å². The van der Waals surface area contributed by atoms with Crippen LogP contribution in [0.5, 0.6) is 5.75 Å². The van der Waals surface area contributed by atoms with Gasteiger partial charge in [-0.1, -0.05) is 6.07 Å². The van der Waals surface area contributed by atoms with Gasteiger partial charge in [-0.3, -0.25) is 15.0 Å². The van der Waals surface area contributed by atoms with Crippen LogP contribution in [0.1, 0.15) is 33.5 Å². The van der Waals surface area contributed by atoms with Crippen LogP contribution < -0.4 is 16.0 Å². The molecule has 3 N–H and O–H groups in total. The Labute approximate surface area is 121 Å². The van der Waals surface area contributed by atoms with Gasteiger partial charge < -0.3 is 4.74 Å². The summed E-state index contributed by atoms with van der Waals surface area (Å²) in [7, 11) is 0. The molecule has 1 heterocycles. The van der Waals surface area contributed by atoms with Crippen molar-refractivity contribution in [3.63, 3.8) is 0 Å². The number of nitrogens with two attached hydrogens (primary N) is 1. The van der Waals surface area contributed by atoms with E-state index in [4.69, 9.17) is 10.6 Å². The van der Waals surface area contributed by atoms with Gasteiger partial charge in [0, 0.05) is 5.56 Å². The number of amides is 1. The number of ketones is 1. The summed E-state index contributed by atoms with van der Waals surface area (Å²) in [5, 5.41) is 0. The lowest BCUT2D eigenvalue weighted by molar-refractivity contribution is 0.0947. The molecule has 0 fully saturated rings. The Bertz CT molecular complexity index is 653. The van der Waals surface area contributed by atoms with Crippen LogP contribution in [0.25, 0.3) is 0 Å². The minimum Gasteiger partial charge on any atom is -0.487 e. The number of nitrogen functional groups attached to an aromatic ring is 1. The number of nitrogens with one attached hydrogen (secondary N) is 1. The summed E-state index contributed by atoms with van der Waals surface area (Å²) in [4.78, 5) is 26.7. The highest BCUT2D eigenvalue weighted by Crippen LogP contribution is 2.14. The summed E-state index contributed by atoms with van der Waals surface area (Å²) >= 11 is 0. The van der Waals surface area contributed by atoms with Crippen LogP contribution in [-0.2, 0) is 6.61 Å². The minimum atomic E-state index is -0.456. The number of aromatic nitrogens is 1. The van der Waals surface area contributed by atoms with E-state index in [0.717, 1.165) is 0 Å². The highest BCUT2D eigenvalue weighted by atomic mass is 16.5. The molecular weight excluding hydrogens is 270 g/mol. The van der Waals surface area contributed by atoms with Crippen LogP contribution >= 0.6 is 0 Å². The molecule has 1 aromatic heterocycles. The van der Waals surface area contributed by atoms with Gasteiger partial charge in [0.1, 0.15) is 18.1 Å². The van der Waals surface area contributed by atoms with Crippen molar-refractivity contribution in [3.8, 4) is 5.75 Å². The van der Waals surface area contributed by atoms with Crippen molar-refractivity contribution in [1.82, 2.24) is 10.4 Å². The molecule has 6 nitrogen and oxygen atoms in total. The molecule has 0 unspecified atom stereocenters. The lowest BCUT2D eigenvalue weighted by Crippen LogP contribution is -2.30. The first-order valence-corrected chi connectivity index (χ1v) is 6.31. The number of hydrogen-bond donors (Lipinski definition) is 2. The molecule has 21 heavy (non-hydrogen) atoms. The van der Waals surface area contributed by atoms with E-state index in [0.29, 0.717) is 17.0 Å². The van der Waals surface area contributed by atoms with E-state index >= 15 is 0 Å². The summed E-state index contributed by atoms with van der Waals surface area (Å²) < 4.78 is 5.56. The first-order chi connectivity index (χ1) is 10.1. The minimum absolute atomic E-state index is 0.00344. The molecule has 0 bridgehead atoms. The summed E-state index contributed by atoms with van der Waals surface area (Å²) in [5.41, 5.74) is 3.48. The van der Waals surface area contributed by atoms with Crippen molar-refractivity contribution < 1.29 is 14.3 Å². The Morgan fingerprint density at radius 3 is 2.52 bits per heavy atom. The number of carbonyl (C=O) groups excluding carboxylic acids is 2. The molecule has 2 aromatic rings. The Balaban J connectivity index is 2.02. The molecule has 0 saturated heterocycles. The second-order valence-electron chi connectivity index (χ2n) is 4.36. The van der Waals surface area contributed by atoms with Crippen molar-refractivity contribution in [1.29, 1.82) is 0 Å². The zero-order chi connectivity index (χ0) is 15.2. The molecule has 0 radical (unpaired) electrons. The standard InChI is InChI=1S/C15H15N3O3/c1-10(19)11-5-7-13(8-6-11)21-9-12-3-2-4-14(17-12)15(20)18-16/h2-8H,9,16H2,1H3,(H,18,20). The zero-order valence-corrected chi connectivity index (χ0v) is 11.5. The number of ether oxygens (including phenoxy) is 1. The van der Waals surface area contributed by atoms with Crippen molar-refractivity contribution in [2.75, 3.05) is 0 Å². The van der Waals surface area contributed by atoms with E-state index in [1.165, 1.54) is 6.92 Å². The smallest absolute Gasteiger partial charge is 0.283 e. The lowest BCUT2D eigenvalue weighted by Gasteiger charge is -2.07. The number of rotatable bonds is 5. The van der Waals surface area contributed by atoms with E-state index in [9.17, 15) is 9.59 Å². The van der Waals surface area contributed by atoms with Gasteiger partial charge >= 0.3 is 0 Å². The van der Waals surface area contributed by atoms with E-state index < -0.39 is 5.91 Å². The highest BCUT2D eigenvalue weighted by molar-refractivity contribution is 5.94. The third kappa shape index (κ3) is 3.87. The van der Waals surface area contributed by atoms with Crippen LogP contribution in [0.15, 0.2) is 42.5 Å². The quantitative estimate of drug-likeness (QED) is 0.375. The second-order valence-corrected chi connectivity index (χ2v) is 4.36. The Hall–Kier alpha value is -2.73. The first-order valence-electron chi connectivity index (χ1n) is 6.31. The van der Waals surface area contributed by atoms with Gasteiger partial charge in [-0.25, -0.2) is 10.8 Å². The molecule has 0 aliphatic heterocycles. The molecule has 0 saturated carbocycles. The molecule has 1 amide bonds. The van der Waals surface area contributed by atoms with Gasteiger partial charge in [0.15, 0.2) is 5.78 Å². The normalized spacial score (nSPS) is 10.0. The third-order valence-electron chi connectivity index (χ3n) is 2.82. The summed E-state index contributed by atoms with van der Waals surface area (Å²) in [6, 6.07) is 11.8. The van der Waals surface area contributed by atoms with Gasteiger partial charge in [-0.15, -0.1) is 0 Å². The maximum absolute atomic E-state index is 11.4. The number of pyridine rings is 1. The predicted octanol–water partition coefficient (Wildman–Crippen LogP) is 1.47. The molecule has 0 aliphatic carbocycles. The molecule has 6 heteroatoms. The fourth-order valence-electron chi connectivity index (χ4n) is 1.70. The maximum atomic E-state index is 11.4. The maximum Gasteiger partial charge on any atom is 0.283 e. The van der Waals surface area contributed by atoms with Gasteiger partial charge in [0.05, 0.1) is 5.69 Å². The number of hydrogen-bond acceptors (Lipinski definition) is 5. The van der Waals surface area contributed by atoms with E-state index in [-0.39, 0.29) is 18.1 Å². The number of Topliss-reactive ketones (excluding diaryl/α,β-unsaturated/α-hetero) is 1. The molecule has 0 aliphatic rings. The van der Waals surface area contributed by atoms with Crippen molar-refractivity contribution in [2.45, 2.75) is 13.5 Å². The van der Waals surface area contributed by atoms with Gasteiger partial charge in [0.25, 0.3) is 5.91 Å². The SMILES string of the molecule is CC(=O)c1ccc(OCc2cccc(C(=O)NN)n2)cc1. The highest BCUT2D eigenvalue weighted by Gasteiger charge is 2.06. The van der Waals surface area contributed by atoms with Gasteiger partial charge in [0.2, 0.25) is 0 Å². The predicted molar refractivity (Wildman–Crippen MR) is 76.7 cm³/mol. The lowest BCUT2D eigenvalue weighted by atomic mass is 10.1. The Morgan fingerprint density at radius 2 is 1.90 bits per heavy atom. The van der Waals surface area contributed by atoms with Gasteiger partial charge in [-0.05, 0) is 43.3 Å². The van der Waals surface area contributed by atoms with Crippen LogP contribution in [0.2, 0.25) is 0 Å². The largest absolute Gasteiger partial charge is 0.487 e. The number of nitrogens with zero attached hydrogens (tertiary/aromatic N) is 1. The summed E-state index contributed by atoms with van der Waals surface area (Å²) in [5.74, 6) is 5.23. The second kappa shape index (κ2) is 6.62. The number of carbonyl (C=O) groups is 2. The number of hydrazine groups is 1. The van der Waals surface area contributed by atoms with Crippen LogP contribution in [0, 0.1) is 0 Å². The monoisotopic (exact) mass is 285 g/mol. The molecular formula is C15H15N3O3. The van der Waals surface area contributed by atoms with Crippen molar-refractivity contribution in [3.05, 3.63) is 59.4 Å². The first kappa shape index (κ1) is 14.7. The molecule has 1 aromatic carbocycles. The van der Waals surface area contributed by atoms with Crippen molar-refractivity contribution >= 4 is 11.7 Å². The van der Waals surface area contributed by atoms with Crippen LogP contribution in [-0.4, -0.2) is 16.7 Å². The number of benzene rings is 1. The topological polar surface area (TPSA) is 94.3 Å². The van der Waals surface area contributed by atoms with E-state index in [2.05, 4.69) is 4.98 Å². The molecule has 2 rings (SSSR count).